The molecule has 2 heteroatoms. The van der Waals surface area contributed by atoms with Crippen LogP contribution in [0.25, 0.3) is 0 Å². The Balaban J connectivity index is 3.20. The van der Waals surface area contributed by atoms with Gasteiger partial charge in [0.2, 0.25) is 0 Å². The van der Waals surface area contributed by atoms with Crippen LogP contribution in [-0.2, 0) is 9.53 Å². The maximum atomic E-state index is 10.5. The second kappa shape index (κ2) is 12.8. The maximum Gasteiger partial charge on any atom is 0.302 e. The summed E-state index contributed by atoms with van der Waals surface area (Å²) in [6.07, 6.45) is 11.7. The van der Waals surface area contributed by atoms with E-state index in [0.717, 1.165) is 38.5 Å². The highest BCUT2D eigenvalue weighted by atomic mass is 16.5. The lowest BCUT2D eigenvalue weighted by atomic mass is 10.1. The van der Waals surface area contributed by atoms with Gasteiger partial charge in [-0.25, -0.2) is 0 Å². The van der Waals surface area contributed by atoms with Crippen molar-refractivity contribution in [3.8, 4) is 11.8 Å². The van der Waals surface area contributed by atoms with Crippen LogP contribution in [0.5, 0.6) is 0 Å². The minimum Gasteiger partial charge on any atom is -0.466 e. The molecule has 0 N–H and O–H groups in total. The molecule has 96 valence electrons. The number of esters is 1. The predicted octanol–water partition coefficient (Wildman–Crippen LogP) is 3.86. The van der Waals surface area contributed by atoms with Crippen LogP contribution in [0.4, 0.5) is 0 Å². The number of allylic oxidation sites excluding steroid dienone is 2. The minimum atomic E-state index is -0.185. The molecule has 0 saturated heterocycles. The molecule has 0 aromatic heterocycles. The van der Waals surface area contributed by atoms with E-state index in [4.69, 9.17) is 4.74 Å². The molecule has 2 nitrogen and oxygen atoms in total. The summed E-state index contributed by atoms with van der Waals surface area (Å²) in [5, 5.41) is 0. The van der Waals surface area contributed by atoms with Crippen molar-refractivity contribution in [2.75, 3.05) is 6.61 Å². The number of unbranched alkanes of at least 4 members (excludes halogenated alkanes) is 5. The maximum absolute atomic E-state index is 10.5. The van der Waals surface area contributed by atoms with Crippen LogP contribution in [0.15, 0.2) is 12.2 Å². The molecule has 0 aromatic rings. The standard InChI is InChI=1S/C15H24O2/c1-3-4-5-6-7-8-9-10-11-12-13-14-17-15(2)16/h5-6H,3-4,9-14H2,1-2H3. The summed E-state index contributed by atoms with van der Waals surface area (Å²) in [5.41, 5.74) is 0. The first-order valence-corrected chi connectivity index (χ1v) is 6.54. The number of carbonyl (C=O) groups excluding carboxylic acids is 1. The van der Waals surface area contributed by atoms with Gasteiger partial charge in [-0.1, -0.05) is 44.1 Å². The van der Waals surface area contributed by atoms with Gasteiger partial charge in [-0.2, -0.15) is 0 Å². The Labute approximate surface area is 105 Å². The van der Waals surface area contributed by atoms with Gasteiger partial charge in [0.05, 0.1) is 6.61 Å². The van der Waals surface area contributed by atoms with E-state index in [1.807, 2.05) is 6.08 Å². The summed E-state index contributed by atoms with van der Waals surface area (Å²) in [6, 6.07) is 0. The fourth-order valence-electron chi connectivity index (χ4n) is 1.32. The molecule has 0 bridgehead atoms. The number of hydrogen-bond donors (Lipinski definition) is 0. The zero-order valence-corrected chi connectivity index (χ0v) is 11.1. The molecular weight excluding hydrogens is 212 g/mol. The lowest BCUT2D eigenvalue weighted by Gasteiger charge is -2.00. The van der Waals surface area contributed by atoms with Gasteiger partial charge in [0.1, 0.15) is 0 Å². The van der Waals surface area contributed by atoms with Gasteiger partial charge in [-0.05, 0) is 25.3 Å². The van der Waals surface area contributed by atoms with E-state index < -0.39 is 0 Å². The molecule has 0 amide bonds. The van der Waals surface area contributed by atoms with Crippen molar-refractivity contribution in [3.05, 3.63) is 12.2 Å². The number of ether oxygens (including phenoxy) is 1. The Morgan fingerprint density at radius 1 is 1.24 bits per heavy atom. The number of carbonyl (C=O) groups is 1. The Morgan fingerprint density at radius 3 is 2.71 bits per heavy atom. The Hall–Kier alpha value is -1.23. The monoisotopic (exact) mass is 236 g/mol. The van der Waals surface area contributed by atoms with Gasteiger partial charge in [0.25, 0.3) is 0 Å². The van der Waals surface area contributed by atoms with Gasteiger partial charge in [-0.3, -0.25) is 4.79 Å². The number of hydrogen-bond acceptors (Lipinski definition) is 2. The predicted molar refractivity (Wildman–Crippen MR) is 71.5 cm³/mol. The molecule has 0 heterocycles. The molecule has 0 saturated carbocycles. The van der Waals surface area contributed by atoms with Crippen molar-refractivity contribution in [1.82, 2.24) is 0 Å². The Kier molecular flexibility index (Phi) is 11.9. The molecule has 0 spiro atoms. The van der Waals surface area contributed by atoms with Gasteiger partial charge >= 0.3 is 5.97 Å². The van der Waals surface area contributed by atoms with Crippen molar-refractivity contribution >= 4 is 5.97 Å². The number of rotatable bonds is 8. The van der Waals surface area contributed by atoms with Crippen LogP contribution < -0.4 is 0 Å². The smallest absolute Gasteiger partial charge is 0.302 e. The van der Waals surface area contributed by atoms with Crippen molar-refractivity contribution in [2.45, 2.75) is 58.8 Å². The summed E-state index contributed by atoms with van der Waals surface area (Å²) >= 11 is 0. The molecule has 17 heavy (non-hydrogen) atoms. The molecule has 0 radical (unpaired) electrons. The van der Waals surface area contributed by atoms with Crippen molar-refractivity contribution < 1.29 is 9.53 Å². The van der Waals surface area contributed by atoms with Crippen molar-refractivity contribution in [1.29, 1.82) is 0 Å². The van der Waals surface area contributed by atoms with E-state index in [2.05, 4.69) is 24.8 Å². The fourth-order valence-corrected chi connectivity index (χ4v) is 1.32. The van der Waals surface area contributed by atoms with E-state index in [1.165, 1.54) is 13.3 Å². The van der Waals surface area contributed by atoms with E-state index in [9.17, 15) is 4.79 Å². The van der Waals surface area contributed by atoms with Crippen LogP contribution in [-0.4, -0.2) is 12.6 Å². The molecule has 0 aliphatic heterocycles. The average Bonchev–Trinajstić information content (AvgIpc) is 2.30. The van der Waals surface area contributed by atoms with Crippen molar-refractivity contribution in [2.24, 2.45) is 0 Å². The Morgan fingerprint density at radius 2 is 2.00 bits per heavy atom. The Bertz CT molecular complexity index is 268. The van der Waals surface area contributed by atoms with E-state index in [0.29, 0.717) is 6.61 Å². The lowest BCUT2D eigenvalue weighted by Crippen LogP contribution is -1.99. The van der Waals surface area contributed by atoms with E-state index in [-0.39, 0.29) is 5.97 Å². The first kappa shape index (κ1) is 15.8. The van der Waals surface area contributed by atoms with Crippen LogP contribution in [0.2, 0.25) is 0 Å². The second-order valence-corrected chi connectivity index (χ2v) is 4.02. The minimum absolute atomic E-state index is 0.185. The van der Waals surface area contributed by atoms with Crippen LogP contribution >= 0.6 is 0 Å². The van der Waals surface area contributed by atoms with Crippen molar-refractivity contribution in [3.63, 3.8) is 0 Å². The van der Waals surface area contributed by atoms with Gasteiger partial charge in [0, 0.05) is 13.3 Å². The summed E-state index contributed by atoms with van der Waals surface area (Å²) < 4.78 is 4.85. The molecular formula is C15H24O2. The molecule has 0 aromatic carbocycles. The quantitative estimate of drug-likeness (QED) is 0.363. The zero-order chi connectivity index (χ0) is 12.8. The highest BCUT2D eigenvalue weighted by Gasteiger charge is 1.92. The second-order valence-electron chi connectivity index (χ2n) is 4.02. The third-order valence-corrected chi connectivity index (χ3v) is 2.26. The van der Waals surface area contributed by atoms with Crippen LogP contribution in [0.3, 0.4) is 0 Å². The van der Waals surface area contributed by atoms with Gasteiger partial charge in [-0.15, -0.1) is 0 Å². The largest absolute Gasteiger partial charge is 0.466 e. The highest BCUT2D eigenvalue weighted by molar-refractivity contribution is 5.65. The van der Waals surface area contributed by atoms with Crippen LogP contribution in [0, 0.1) is 11.8 Å². The molecule has 0 unspecified atom stereocenters. The summed E-state index contributed by atoms with van der Waals surface area (Å²) in [6.45, 7) is 4.16. The third kappa shape index (κ3) is 14.8. The van der Waals surface area contributed by atoms with Crippen LogP contribution in [0.1, 0.15) is 58.8 Å². The van der Waals surface area contributed by atoms with E-state index in [1.54, 1.807) is 0 Å². The lowest BCUT2D eigenvalue weighted by molar-refractivity contribution is -0.141. The third-order valence-electron chi connectivity index (χ3n) is 2.26. The first-order valence-electron chi connectivity index (χ1n) is 6.54. The molecule has 0 atom stereocenters. The summed E-state index contributed by atoms with van der Waals surface area (Å²) in [4.78, 5) is 10.5. The summed E-state index contributed by atoms with van der Waals surface area (Å²) in [5.74, 6) is 5.98. The first-order chi connectivity index (χ1) is 8.27. The average molecular weight is 236 g/mol. The normalized spacial score (nSPS) is 10.0. The highest BCUT2D eigenvalue weighted by Crippen LogP contribution is 2.02. The topological polar surface area (TPSA) is 26.3 Å². The molecule has 0 rings (SSSR count). The van der Waals surface area contributed by atoms with E-state index >= 15 is 0 Å². The molecule has 0 fully saturated rings. The summed E-state index contributed by atoms with van der Waals surface area (Å²) in [7, 11) is 0. The SMILES string of the molecule is CCCC=CC#CCCCCCCOC(C)=O. The van der Waals surface area contributed by atoms with Gasteiger partial charge in [0.15, 0.2) is 0 Å². The molecule has 0 aliphatic carbocycles. The molecule has 0 aliphatic rings. The zero-order valence-electron chi connectivity index (χ0n) is 11.1. The fraction of sp³-hybridized carbons (Fsp3) is 0.667. The van der Waals surface area contributed by atoms with Gasteiger partial charge < -0.3 is 4.74 Å².